The summed E-state index contributed by atoms with van der Waals surface area (Å²) in [5.41, 5.74) is 3.93. The highest BCUT2D eigenvalue weighted by molar-refractivity contribution is 5.81. The maximum Gasteiger partial charge on any atom is 0.249 e. The molecule has 2 aromatic rings. The van der Waals surface area contributed by atoms with Crippen LogP contribution in [0.4, 0.5) is 0 Å². The predicted molar refractivity (Wildman–Crippen MR) is 155 cm³/mol. The van der Waals surface area contributed by atoms with Crippen LogP contribution in [0, 0.1) is 17.8 Å². The smallest absolute Gasteiger partial charge is 0.249 e. The second kappa shape index (κ2) is 11.9. The number of terminal acetylenes is 1. The van der Waals surface area contributed by atoms with E-state index < -0.39 is 18.2 Å². The summed E-state index contributed by atoms with van der Waals surface area (Å²) >= 11 is 0. The fourth-order valence-electron chi connectivity index (χ4n) is 6.14. The lowest BCUT2D eigenvalue weighted by atomic mass is 9.73. The zero-order chi connectivity index (χ0) is 28.3. The highest BCUT2D eigenvalue weighted by Crippen LogP contribution is 2.48. The quantitative estimate of drug-likeness (QED) is 0.408. The Balaban J connectivity index is 1.33. The average Bonchev–Trinajstić information content (AvgIpc) is 3.45. The van der Waals surface area contributed by atoms with Gasteiger partial charge in [-0.05, 0) is 79.7 Å². The van der Waals surface area contributed by atoms with Crippen LogP contribution < -0.4 is 15.4 Å². The molecule has 3 heterocycles. The van der Waals surface area contributed by atoms with Crippen molar-refractivity contribution >= 4 is 5.91 Å². The number of benzene rings is 1. The molecule has 0 radical (unpaired) electrons. The molecule has 2 fully saturated rings. The number of ether oxygens (including phenoxy) is 2. The van der Waals surface area contributed by atoms with Crippen LogP contribution in [0.3, 0.4) is 0 Å². The van der Waals surface area contributed by atoms with Crippen LogP contribution in [0.15, 0.2) is 36.5 Å². The zero-order valence-electron chi connectivity index (χ0n) is 24.0. The van der Waals surface area contributed by atoms with Crippen LogP contribution in [0.5, 0.6) is 5.88 Å². The van der Waals surface area contributed by atoms with Gasteiger partial charge < -0.3 is 25.2 Å². The molecule has 2 aliphatic heterocycles. The summed E-state index contributed by atoms with van der Waals surface area (Å²) in [6.45, 7) is 7.58. The topological polar surface area (TPSA) is 92.7 Å². The van der Waals surface area contributed by atoms with Crippen molar-refractivity contribution in [3.05, 3.63) is 58.8 Å². The van der Waals surface area contributed by atoms with Gasteiger partial charge in [0.25, 0.3) is 0 Å². The molecule has 7 heteroatoms. The first kappa shape index (κ1) is 28.6. The third-order valence-corrected chi connectivity index (χ3v) is 8.34. The second-order valence-electron chi connectivity index (χ2n) is 13.0. The Labute approximate surface area is 238 Å². The van der Waals surface area contributed by atoms with Gasteiger partial charge in [-0.3, -0.25) is 4.79 Å². The van der Waals surface area contributed by atoms with E-state index in [1.807, 2.05) is 30.5 Å². The van der Waals surface area contributed by atoms with Crippen molar-refractivity contribution in [2.75, 3.05) is 13.2 Å². The van der Waals surface area contributed by atoms with E-state index in [-0.39, 0.29) is 23.0 Å². The van der Waals surface area contributed by atoms with Crippen LogP contribution in [0.2, 0.25) is 0 Å². The van der Waals surface area contributed by atoms with Crippen LogP contribution in [0.1, 0.15) is 87.6 Å². The summed E-state index contributed by atoms with van der Waals surface area (Å²) in [7, 11) is 0. The zero-order valence-corrected chi connectivity index (χ0v) is 24.0. The van der Waals surface area contributed by atoms with Crippen LogP contribution in [0.25, 0.3) is 0 Å². The van der Waals surface area contributed by atoms with Crippen molar-refractivity contribution in [2.45, 2.75) is 102 Å². The molecule has 0 unspecified atom stereocenters. The minimum Gasteiger partial charge on any atom is -0.471 e. The molecule has 214 valence electrons. The van der Waals surface area contributed by atoms with Gasteiger partial charge in [-0.25, -0.2) is 4.98 Å². The van der Waals surface area contributed by atoms with Gasteiger partial charge in [-0.2, -0.15) is 0 Å². The van der Waals surface area contributed by atoms with Gasteiger partial charge in [-0.1, -0.05) is 38.8 Å². The number of aliphatic hydroxyl groups is 1. The van der Waals surface area contributed by atoms with Crippen LogP contribution in [-0.2, 0) is 22.4 Å². The Morgan fingerprint density at radius 3 is 2.75 bits per heavy atom. The molecular weight excluding hydrogens is 502 g/mol. The van der Waals surface area contributed by atoms with E-state index in [0.717, 1.165) is 55.2 Å². The number of rotatable bonds is 9. The first-order valence-corrected chi connectivity index (χ1v) is 14.7. The van der Waals surface area contributed by atoms with Gasteiger partial charge >= 0.3 is 0 Å². The Morgan fingerprint density at radius 2 is 2.08 bits per heavy atom. The third kappa shape index (κ3) is 6.86. The van der Waals surface area contributed by atoms with Gasteiger partial charge in [0.1, 0.15) is 11.7 Å². The third-order valence-electron chi connectivity index (χ3n) is 8.34. The molecule has 1 spiro atoms. The number of carbonyl (C=O) groups is 1. The van der Waals surface area contributed by atoms with Gasteiger partial charge in [-0.15, -0.1) is 6.42 Å². The highest BCUT2D eigenvalue weighted by Gasteiger charge is 2.46. The van der Waals surface area contributed by atoms with E-state index in [0.29, 0.717) is 31.9 Å². The number of nitrogens with zero attached hydrogens (tertiary/aromatic N) is 1. The summed E-state index contributed by atoms with van der Waals surface area (Å²) in [5.74, 6) is 3.20. The summed E-state index contributed by atoms with van der Waals surface area (Å²) in [6.07, 6.45) is 13.2. The molecule has 40 heavy (non-hydrogen) atoms. The van der Waals surface area contributed by atoms with E-state index in [2.05, 4.69) is 43.4 Å². The summed E-state index contributed by atoms with van der Waals surface area (Å²) < 4.78 is 12.0. The van der Waals surface area contributed by atoms with Gasteiger partial charge in [0.05, 0.1) is 12.1 Å². The van der Waals surface area contributed by atoms with Crippen molar-refractivity contribution in [1.29, 1.82) is 0 Å². The predicted octanol–water partition coefficient (Wildman–Crippen LogP) is 4.25. The lowest BCUT2D eigenvalue weighted by Gasteiger charge is -2.47. The molecule has 1 aromatic heterocycles. The first-order valence-electron chi connectivity index (χ1n) is 14.7. The maximum atomic E-state index is 13.0. The minimum absolute atomic E-state index is 0.00500. The molecule has 1 amide bonds. The van der Waals surface area contributed by atoms with Gasteiger partial charge in [0.15, 0.2) is 0 Å². The molecule has 3 aliphatic rings. The van der Waals surface area contributed by atoms with Gasteiger partial charge in [0, 0.05) is 42.9 Å². The molecule has 1 saturated carbocycles. The fourth-order valence-corrected chi connectivity index (χ4v) is 6.14. The summed E-state index contributed by atoms with van der Waals surface area (Å²) in [6, 6.07) is 9.41. The molecule has 1 saturated heterocycles. The molecule has 5 rings (SSSR count). The number of carbonyl (C=O) groups excluding carboxylic acids is 1. The number of aliphatic hydroxyl groups excluding tert-OH is 1. The summed E-state index contributed by atoms with van der Waals surface area (Å²) in [4.78, 5) is 17.7. The Kier molecular flexibility index (Phi) is 8.51. The van der Waals surface area contributed by atoms with Crippen molar-refractivity contribution in [3.8, 4) is 18.2 Å². The first-order chi connectivity index (χ1) is 19.1. The molecule has 3 N–H and O–H groups in total. The van der Waals surface area contributed by atoms with E-state index in [1.165, 1.54) is 5.56 Å². The molecule has 7 nitrogen and oxygen atoms in total. The average molecular weight is 546 g/mol. The van der Waals surface area contributed by atoms with Crippen LogP contribution in [-0.4, -0.2) is 53.0 Å². The van der Waals surface area contributed by atoms with E-state index in [4.69, 9.17) is 20.9 Å². The Morgan fingerprint density at radius 1 is 1.25 bits per heavy atom. The largest absolute Gasteiger partial charge is 0.471 e. The second-order valence-corrected chi connectivity index (χ2v) is 13.0. The molecule has 1 aromatic carbocycles. The monoisotopic (exact) mass is 545 g/mol. The van der Waals surface area contributed by atoms with E-state index in [1.54, 1.807) is 0 Å². The van der Waals surface area contributed by atoms with Gasteiger partial charge in [0.2, 0.25) is 11.8 Å². The van der Waals surface area contributed by atoms with Crippen LogP contribution >= 0.6 is 0 Å². The standard InChI is InChI=1S/C33H43N3O4/c1-5-22-9-6-10-23(15-22)17-26(36-30(38)29-11-7-14-39-29)28(37)21-34-27-19-33(12-8-13-33)40-31-25(27)16-24(20-35-31)18-32(2,3)4/h1,6,9-10,15-16,20,26-29,34,37H,7-8,11-14,17-19,21H2,2-4H3,(H,36,38)/t26-,27-,28-,29+/m0/s1. The van der Waals surface area contributed by atoms with Crippen molar-refractivity contribution in [2.24, 2.45) is 5.41 Å². The summed E-state index contributed by atoms with van der Waals surface area (Å²) in [5, 5.41) is 18.2. The highest BCUT2D eigenvalue weighted by atomic mass is 16.5. The maximum absolute atomic E-state index is 13.0. The number of fused-ring (bicyclic) bond motifs is 1. The number of nitrogens with one attached hydrogen (secondary N) is 2. The number of pyridine rings is 1. The van der Waals surface area contributed by atoms with Crippen molar-refractivity contribution < 1.29 is 19.4 Å². The SMILES string of the molecule is C#Cc1cccc(C[C@H](NC(=O)[C@H]2CCCO2)[C@@H](O)CN[C@H]2CC3(CCC3)Oc3ncc(CC(C)(C)C)cc32)c1. The number of hydrogen-bond donors (Lipinski definition) is 3. The minimum atomic E-state index is -0.825. The van der Waals surface area contributed by atoms with E-state index >= 15 is 0 Å². The Hall–Kier alpha value is -2.92. The lowest BCUT2D eigenvalue weighted by Crippen LogP contribution is -2.53. The lowest BCUT2D eigenvalue weighted by molar-refractivity contribution is -0.131. The molecule has 1 aliphatic carbocycles. The molecule has 4 atom stereocenters. The van der Waals surface area contributed by atoms with E-state index in [9.17, 15) is 9.90 Å². The Bertz CT molecular complexity index is 1240. The number of aromatic nitrogens is 1. The fraction of sp³-hybridized carbons (Fsp3) is 0.576. The number of hydrogen-bond acceptors (Lipinski definition) is 6. The number of amides is 1. The normalized spacial score (nSPS) is 22.9. The molecular formula is C33H43N3O4. The van der Waals surface area contributed by atoms with Crippen molar-refractivity contribution in [1.82, 2.24) is 15.6 Å². The molecule has 0 bridgehead atoms. The van der Waals surface area contributed by atoms with Crippen molar-refractivity contribution in [3.63, 3.8) is 0 Å².